The van der Waals surface area contributed by atoms with E-state index in [4.69, 9.17) is 11.5 Å². The number of anilines is 1. The van der Waals surface area contributed by atoms with Gasteiger partial charge in [0, 0.05) is 12.4 Å². The number of hydrogen-bond donors (Lipinski definition) is 2. The van der Waals surface area contributed by atoms with Gasteiger partial charge in [-0.2, -0.15) is 5.10 Å². The molecule has 2 aromatic rings. The Bertz CT molecular complexity index is 650. The lowest BCUT2D eigenvalue weighted by Crippen LogP contribution is -2.14. The van der Waals surface area contributed by atoms with Gasteiger partial charge in [0.25, 0.3) is 5.91 Å². The summed E-state index contributed by atoms with van der Waals surface area (Å²) in [5.41, 5.74) is 11.3. The van der Waals surface area contributed by atoms with E-state index in [0.29, 0.717) is 0 Å². The first-order chi connectivity index (χ1) is 9.04. The smallest absolute Gasteiger partial charge is 0.340 e. The van der Waals surface area contributed by atoms with Gasteiger partial charge in [-0.25, -0.2) is 14.5 Å². The van der Waals surface area contributed by atoms with Crippen LogP contribution in [0.1, 0.15) is 20.8 Å². The fourth-order valence-electron chi connectivity index (χ4n) is 1.51. The lowest BCUT2D eigenvalue weighted by molar-refractivity contribution is 0.0601. The normalized spacial score (nSPS) is 10.2. The third-order valence-electron chi connectivity index (χ3n) is 2.43. The molecule has 0 spiro atoms. The summed E-state index contributed by atoms with van der Waals surface area (Å²) in [5.74, 6) is -1.03. The van der Waals surface area contributed by atoms with Crippen LogP contribution in [0, 0.1) is 0 Å². The molecular weight excluding hydrogens is 250 g/mol. The quantitative estimate of drug-likeness (QED) is 0.732. The second-order valence-electron chi connectivity index (χ2n) is 3.60. The van der Waals surface area contributed by atoms with Crippen molar-refractivity contribution in [2.75, 3.05) is 12.8 Å². The third-order valence-corrected chi connectivity index (χ3v) is 2.43. The van der Waals surface area contributed by atoms with Crippen molar-refractivity contribution in [3.8, 4) is 5.82 Å². The maximum absolute atomic E-state index is 11.5. The van der Waals surface area contributed by atoms with E-state index in [1.54, 1.807) is 0 Å². The molecule has 0 atom stereocenters. The zero-order chi connectivity index (χ0) is 14.0. The van der Waals surface area contributed by atoms with Crippen LogP contribution in [0.5, 0.6) is 0 Å². The van der Waals surface area contributed by atoms with Gasteiger partial charge < -0.3 is 16.2 Å². The minimum atomic E-state index is -0.665. The van der Waals surface area contributed by atoms with E-state index in [-0.39, 0.29) is 22.8 Å². The standard InChI is InChI=1S/C11H11N5O3/c1-19-11(18)6-2-4-14-10(8(6)12)16-5-3-7(15-16)9(13)17/h2-5H,12H2,1H3,(H2,13,17). The Kier molecular flexibility index (Phi) is 3.15. The highest BCUT2D eigenvalue weighted by Gasteiger charge is 2.16. The van der Waals surface area contributed by atoms with Gasteiger partial charge in [0.15, 0.2) is 5.82 Å². The first kappa shape index (κ1) is 12.6. The average molecular weight is 261 g/mol. The van der Waals surface area contributed by atoms with E-state index < -0.39 is 11.9 Å². The monoisotopic (exact) mass is 261 g/mol. The highest BCUT2D eigenvalue weighted by molar-refractivity contribution is 5.96. The molecule has 8 nitrogen and oxygen atoms in total. The Morgan fingerprint density at radius 2 is 2.11 bits per heavy atom. The molecule has 2 rings (SSSR count). The number of hydrogen-bond acceptors (Lipinski definition) is 6. The van der Waals surface area contributed by atoms with Gasteiger partial charge in [-0.15, -0.1) is 0 Å². The summed E-state index contributed by atoms with van der Waals surface area (Å²) in [6.07, 6.45) is 2.86. The van der Waals surface area contributed by atoms with Crippen LogP contribution in [-0.4, -0.2) is 33.8 Å². The van der Waals surface area contributed by atoms with Crippen molar-refractivity contribution in [2.45, 2.75) is 0 Å². The Morgan fingerprint density at radius 1 is 1.37 bits per heavy atom. The molecule has 98 valence electrons. The number of esters is 1. The summed E-state index contributed by atoms with van der Waals surface area (Å²) in [5, 5.41) is 3.91. The summed E-state index contributed by atoms with van der Waals surface area (Å²) in [6.45, 7) is 0. The fourth-order valence-corrected chi connectivity index (χ4v) is 1.51. The third kappa shape index (κ3) is 2.23. The predicted octanol–water partition coefficient (Wildman–Crippen LogP) is -0.265. The number of nitrogen functional groups attached to an aromatic ring is 1. The number of nitrogens with zero attached hydrogens (tertiary/aromatic N) is 3. The molecule has 0 saturated carbocycles. The van der Waals surface area contributed by atoms with E-state index in [1.807, 2.05) is 0 Å². The van der Waals surface area contributed by atoms with Crippen LogP contribution < -0.4 is 11.5 Å². The molecule has 19 heavy (non-hydrogen) atoms. The summed E-state index contributed by atoms with van der Waals surface area (Å²) < 4.78 is 5.87. The SMILES string of the molecule is COC(=O)c1ccnc(-n2ccc(C(N)=O)n2)c1N. The van der Waals surface area contributed by atoms with Crippen LogP contribution >= 0.6 is 0 Å². The number of methoxy groups -OCH3 is 1. The van der Waals surface area contributed by atoms with Crippen LogP contribution in [0.3, 0.4) is 0 Å². The Morgan fingerprint density at radius 3 is 2.68 bits per heavy atom. The molecule has 0 bridgehead atoms. The van der Waals surface area contributed by atoms with Crippen LogP contribution in [0.25, 0.3) is 5.82 Å². The maximum Gasteiger partial charge on any atom is 0.340 e. The first-order valence-corrected chi connectivity index (χ1v) is 5.23. The van der Waals surface area contributed by atoms with Gasteiger partial charge in [0.1, 0.15) is 5.69 Å². The van der Waals surface area contributed by atoms with Crippen molar-refractivity contribution in [3.05, 3.63) is 35.8 Å². The summed E-state index contributed by atoms with van der Waals surface area (Å²) in [6, 6.07) is 2.86. The highest BCUT2D eigenvalue weighted by atomic mass is 16.5. The van der Waals surface area contributed by atoms with Crippen LogP contribution in [0.4, 0.5) is 5.69 Å². The maximum atomic E-state index is 11.5. The number of amides is 1. The largest absolute Gasteiger partial charge is 0.465 e. The van der Waals surface area contributed by atoms with E-state index in [2.05, 4.69) is 14.8 Å². The number of aromatic nitrogens is 3. The predicted molar refractivity (Wildman–Crippen MR) is 65.6 cm³/mol. The first-order valence-electron chi connectivity index (χ1n) is 5.23. The molecule has 2 aromatic heterocycles. The minimum absolute atomic E-state index is 0.0738. The Hall–Kier alpha value is -2.90. The molecule has 0 saturated heterocycles. The molecule has 0 aliphatic rings. The van der Waals surface area contributed by atoms with Crippen molar-refractivity contribution in [1.82, 2.24) is 14.8 Å². The lowest BCUT2D eigenvalue weighted by Gasteiger charge is -2.08. The molecule has 2 heterocycles. The van der Waals surface area contributed by atoms with Gasteiger partial charge in [0.05, 0.1) is 18.4 Å². The van der Waals surface area contributed by atoms with E-state index in [0.717, 1.165) is 0 Å². The summed E-state index contributed by atoms with van der Waals surface area (Å²) in [7, 11) is 1.25. The number of primary amides is 1. The lowest BCUT2D eigenvalue weighted by atomic mass is 10.2. The van der Waals surface area contributed by atoms with Crippen molar-refractivity contribution in [3.63, 3.8) is 0 Å². The molecule has 1 amide bonds. The highest BCUT2D eigenvalue weighted by Crippen LogP contribution is 2.19. The van der Waals surface area contributed by atoms with Crippen molar-refractivity contribution in [2.24, 2.45) is 5.73 Å². The van der Waals surface area contributed by atoms with Crippen molar-refractivity contribution < 1.29 is 14.3 Å². The van der Waals surface area contributed by atoms with Crippen molar-refractivity contribution in [1.29, 1.82) is 0 Å². The Balaban J connectivity index is 2.50. The van der Waals surface area contributed by atoms with E-state index in [1.165, 1.54) is 36.3 Å². The minimum Gasteiger partial charge on any atom is -0.465 e. The topological polar surface area (TPSA) is 126 Å². The molecule has 0 aromatic carbocycles. The Labute approximate surface area is 108 Å². The van der Waals surface area contributed by atoms with E-state index >= 15 is 0 Å². The van der Waals surface area contributed by atoms with Gasteiger partial charge in [-0.1, -0.05) is 0 Å². The van der Waals surface area contributed by atoms with Crippen molar-refractivity contribution >= 4 is 17.6 Å². The second kappa shape index (κ2) is 4.77. The van der Waals surface area contributed by atoms with Gasteiger partial charge in [-0.05, 0) is 12.1 Å². The zero-order valence-corrected chi connectivity index (χ0v) is 10.0. The number of pyridine rings is 1. The molecule has 0 fully saturated rings. The average Bonchev–Trinajstić information content (AvgIpc) is 2.87. The fraction of sp³-hybridized carbons (Fsp3) is 0.0909. The number of rotatable bonds is 3. The van der Waals surface area contributed by atoms with Crippen LogP contribution in [0.2, 0.25) is 0 Å². The van der Waals surface area contributed by atoms with Crippen LogP contribution in [0.15, 0.2) is 24.5 Å². The molecule has 8 heteroatoms. The van der Waals surface area contributed by atoms with Gasteiger partial charge in [-0.3, -0.25) is 4.79 Å². The second-order valence-corrected chi connectivity index (χ2v) is 3.60. The van der Waals surface area contributed by atoms with Gasteiger partial charge in [0.2, 0.25) is 0 Å². The molecule has 4 N–H and O–H groups in total. The number of nitrogens with two attached hydrogens (primary N) is 2. The zero-order valence-electron chi connectivity index (χ0n) is 10.0. The molecule has 0 aliphatic heterocycles. The summed E-state index contributed by atoms with van der Waals surface area (Å²) in [4.78, 5) is 26.5. The summed E-state index contributed by atoms with van der Waals surface area (Å²) >= 11 is 0. The molecule has 0 radical (unpaired) electrons. The number of carbonyl (C=O) groups excluding carboxylic acids is 2. The van der Waals surface area contributed by atoms with Gasteiger partial charge >= 0.3 is 5.97 Å². The van der Waals surface area contributed by atoms with Crippen LogP contribution in [-0.2, 0) is 4.74 Å². The molecule has 0 unspecified atom stereocenters. The number of ether oxygens (including phenoxy) is 1. The molecular formula is C11H11N5O3. The van der Waals surface area contributed by atoms with E-state index in [9.17, 15) is 9.59 Å². The molecule has 0 aliphatic carbocycles. The number of carbonyl (C=O) groups is 2.